The zero-order valence-electron chi connectivity index (χ0n) is 10.6. The average Bonchev–Trinajstić information content (AvgIpc) is 2.81. The van der Waals surface area contributed by atoms with Crippen molar-refractivity contribution in [1.29, 1.82) is 0 Å². The molecule has 1 aliphatic carbocycles. The molecule has 0 unspecified atom stereocenters. The third-order valence-electron chi connectivity index (χ3n) is 3.28. The van der Waals surface area contributed by atoms with Crippen LogP contribution in [0.5, 0.6) is 0 Å². The molecule has 1 amide bonds. The van der Waals surface area contributed by atoms with Crippen LogP contribution < -0.4 is 0 Å². The minimum absolute atomic E-state index is 0.0226. The van der Waals surface area contributed by atoms with Crippen LogP contribution in [0.15, 0.2) is 11.4 Å². The molecule has 1 fully saturated rings. The van der Waals surface area contributed by atoms with Crippen LogP contribution in [0.4, 0.5) is 0 Å². The summed E-state index contributed by atoms with van der Waals surface area (Å²) in [5.74, 6) is 5.30. The molecule has 1 saturated carbocycles. The predicted octanol–water partition coefficient (Wildman–Crippen LogP) is 1.08. The van der Waals surface area contributed by atoms with E-state index in [9.17, 15) is 4.79 Å². The van der Waals surface area contributed by atoms with Crippen molar-refractivity contribution in [2.45, 2.75) is 25.3 Å². The third-order valence-corrected chi connectivity index (χ3v) is 4.18. The molecular weight excluding hydrogens is 262 g/mol. The normalized spacial score (nSPS) is 14.4. The fourth-order valence-corrected chi connectivity index (χ4v) is 2.90. The maximum absolute atomic E-state index is 12.5. The Kier molecular flexibility index (Phi) is 4.97. The lowest BCUT2D eigenvalue weighted by molar-refractivity contribution is 0.0530. The summed E-state index contributed by atoms with van der Waals surface area (Å²) in [5.41, 5.74) is 0.659. The molecule has 19 heavy (non-hydrogen) atoms. The second kappa shape index (κ2) is 6.71. The second-order valence-electron chi connectivity index (χ2n) is 4.43. The molecule has 0 spiro atoms. The number of rotatable bonds is 4. The van der Waals surface area contributed by atoms with Gasteiger partial charge in [-0.05, 0) is 30.7 Å². The summed E-state index contributed by atoms with van der Waals surface area (Å²) in [5, 5.41) is 19.7. The van der Waals surface area contributed by atoms with Gasteiger partial charge in [-0.15, -0.1) is 11.3 Å². The summed E-state index contributed by atoms with van der Waals surface area (Å²) in [6, 6.07) is 2.04. The van der Waals surface area contributed by atoms with E-state index in [-0.39, 0.29) is 25.2 Å². The van der Waals surface area contributed by atoms with Gasteiger partial charge in [-0.2, -0.15) is 0 Å². The molecule has 0 aromatic carbocycles. The molecule has 0 saturated heterocycles. The zero-order chi connectivity index (χ0) is 13.7. The molecular formula is C14H17NO3S. The molecule has 5 heteroatoms. The molecule has 4 nitrogen and oxygen atoms in total. The van der Waals surface area contributed by atoms with Gasteiger partial charge in [0.25, 0.3) is 5.91 Å². The van der Waals surface area contributed by atoms with E-state index in [1.54, 1.807) is 11.0 Å². The highest BCUT2D eigenvalue weighted by molar-refractivity contribution is 7.12. The maximum Gasteiger partial charge on any atom is 0.265 e. The highest BCUT2D eigenvalue weighted by Gasteiger charge is 2.30. The van der Waals surface area contributed by atoms with Crippen LogP contribution in [0.25, 0.3) is 0 Å². The highest BCUT2D eigenvalue weighted by Crippen LogP contribution is 2.28. The van der Waals surface area contributed by atoms with E-state index in [2.05, 4.69) is 11.8 Å². The van der Waals surface area contributed by atoms with E-state index < -0.39 is 0 Å². The van der Waals surface area contributed by atoms with Crippen molar-refractivity contribution in [2.24, 2.45) is 0 Å². The lowest BCUT2D eigenvalue weighted by atomic mass is 9.91. The number of thiophene rings is 1. The fourth-order valence-electron chi connectivity index (χ4n) is 2.09. The van der Waals surface area contributed by atoms with E-state index in [0.717, 1.165) is 19.3 Å². The number of carbonyl (C=O) groups is 1. The Morgan fingerprint density at radius 3 is 2.84 bits per heavy atom. The minimum Gasteiger partial charge on any atom is -0.395 e. The van der Waals surface area contributed by atoms with Crippen molar-refractivity contribution in [3.63, 3.8) is 0 Å². The van der Waals surface area contributed by atoms with Crippen molar-refractivity contribution < 1.29 is 15.0 Å². The van der Waals surface area contributed by atoms with Crippen LogP contribution in [0.2, 0.25) is 0 Å². The monoisotopic (exact) mass is 279 g/mol. The Balaban J connectivity index is 2.18. The van der Waals surface area contributed by atoms with Crippen molar-refractivity contribution in [3.05, 3.63) is 21.9 Å². The molecule has 1 aromatic rings. The van der Waals surface area contributed by atoms with Gasteiger partial charge >= 0.3 is 0 Å². The van der Waals surface area contributed by atoms with Gasteiger partial charge in [0.1, 0.15) is 11.5 Å². The molecule has 0 radical (unpaired) electrons. The Morgan fingerprint density at radius 2 is 2.26 bits per heavy atom. The van der Waals surface area contributed by atoms with Gasteiger partial charge in [-0.25, -0.2) is 0 Å². The summed E-state index contributed by atoms with van der Waals surface area (Å²) in [6.07, 6.45) is 3.16. The second-order valence-corrected chi connectivity index (χ2v) is 5.35. The quantitative estimate of drug-likeness (QED) is 0.811. The molecule has 1 aromatic heterocycles. The van der Waals surface area contributed by atoms with Gasteiger partial charge in [0.05, 0.1) is 6.61 Å². The number of nitrogens with zero attached hydrogens (tertiary/aromatic N) is 1. The first-order valence-electron chi connectivity index (χ1n) is 6.37. The van der Waals surface area contributed by atoms with Gasteiger partial charge < -0.3 is 15.1 Å². The van der Waals surface area contributed by atoms with Gasteiger partial charge in [0.15, 0.2) is 0 Å². The van der Waals surface area contributed by atoms with Crippen LogP contribution in [0, 0.1) is 11.8 Å². The minimum atomic E-state index is -0.216. The van der Waals surface area contributed by atoms with Crippen LogP contribution >= 0.6 is 11.3 Å². The number of carbonyl (C=O) groups excluding carboxylic acids is 1. The first kappa shape index (κ1) is 14.1. The smallest absolute Gasteiger partial charge is 0.265 e. The maximum atomic E-state index is 12.5. The number of amides is 1. The summed E-state index contributed by atoms with van der Waals surface area (Å²) < 4.78 is 0. The van der Waals surface area contributed by atoms with Crippen molar-refractivity contribution in [3.8, 4) is 11.8 Å². The molecule has 102 valence electrons. The average molecular weight is 279 g/mol. The van der Waals surface area contributed by atoms with Gasteiger partial charge in [0.2, 0.25) is 0 Å². The Hall–Kier alpha value is -1.35. The summed E-state index contributed by atoms with van der Waals surface area (Å²) in [7, 11) is 0. The Labute approximate surface area is 116 Å². The third kappa shape index (κ3) is 3.16. The summed E-state index contributed by atoms with van der Waals surface area (Å²) >= 11 is 1.36. The van der Waals surface area contributed by atoms with Crippen molar-refractivity contribution >= 4 is 17.2 Å². The number of aliphatic hydroxyl groups is 2. The molecule has 1 aliphatic rings. The molecule has 1 heterocycles. The highest BCUT2D eigenvalue weighted by atomic mass is 32.1. The Bertz CT molecular complexity index is 496. The van der Waals surface area contributed by atoms with E-state index in [4.69, 9.17) is 10.2 Å². The van der Waals surface area contributed by atoms with E-state index in [1.807, 2.05) is 5.38 Å². The largest absolute Gasteiger partial charge is 0.395 e. The Morgan fingerprint density at radius 1 is 1.47 bits per heavy atom. The summed E-state index contributed by atoms with van der Waals surface area (Å²) in [6.45, 7) is 0.131. The molecule has 2 rings (SSSR count). The first-order chi connectivity index (χ1) is 9.27. The van der Waals surface area contributed by atoms with Crippen LogP contribution in [-0.4, -0.2) is 46.8 Å². The predicted molar refractivity (Wildman–Crippen MR) is 74.0 cm³/mol. The SMILES string of the molecule is O=C(c1sccc1C#CCO)N(CCO)C1CCC1. The number of hydrogen-bond donors (Lipinski definition) is 2. The zero-order valence-corrected chi connectivity index (χ0v) is 11.4. The number of hydrogen-bond acceptors (Lipinski definition) is 4. The lowest BCUT2D eigenvalue weighted by Gasteiger charge is -2.37. The van der Waals surface area contributed by atoms with Crippen LogP contribution in [-0.2, 0) is 0 Å². The topological polar surface area (TPSA) is 60.8 Å². The standard InChI is InChI=1S/C14H17NO3S/c16-8-2-3-11-6-10-19-13(11)14(18)15(7-9-17)12-4-1-5-12/h6,10,12,16-17H,1,4-5,7-9H2. The van der Waals surface area contributed by atoms with Gasteiger partial charge in [-0.3, -0.25) is 4.79 Å². The molecule has 0 atom stereocenters. The van der Waals surface area contributed by atoms with E-state index in [1.165, 1.54) is 11.3 Å². The number of aliphatic hydroxyl groups excluding tert-OH is 2. The molecule has 0 bridgehead atoms. The first-order valence-corrected chi connectivity index (χ1v) is 7.25. The van der Waals surface area contributed by atoms with E-state index >= 15 is 0 Å². The van der Waals surface area contributed by atoms with Crippen molar-refractivity contribution in [2.75, 3.05) is 19.8 Å². The lowest BCUT2D eigenvalue weighted by Crippen LogP contribution is -2.45. The van der Waals surface area contributed by atoms with Crippen LogP contribution in [0.1, 0.15) is 34.5 Å². The van der Waals surface area contributed by atoms with Gasteiger partial charge in [-0.1, -0.05) is 11.8 Å². The fraction of sp³-hybridized carbons (Fsp3) is 0.500. The van der Waals surface area contributed by atoms with E-state index in [0.29, 0.717) is 17.0 Å². The van der Waals surface area contributed by atoms with Crippen molar-refractivity contribution in [1.82, 2.24) is 4.90 Å². The molecule has 0 aliphatic heterocycles. The van der Waals surface area contributed by atoms with Crippen LogP contribution in [0.3, 0.4) is 0 Å². The summed E-state index contributed by atoms with van der Waals surface area (Å²) in [4.78, 5) is 14.9. The molecule has 2 N–H and O–H groups in total. The van der Waals surface area contributed by atoms with Gasteiger partial charge in [0, 0.05) is 18.2 Å².